The summed E-state index contributed by atoms with van der Waals surface area (Å²) in [5.74, 6) is 0. The molecule has 0 saturated heterocycles. The summed E-state index contributed by atoms with van der Waals surface area (Å²) in [6.07, 6.45) is 0. The largest absolute Gasteiger partial charge is 1.00 e. The van der Waals surface area contributed by atoms with Crippen molar-refractivity contribution in [2.75, 3.05) is 0 Å². The van der Waals surface area contributed by atoms with E-state index in [1.165, 1.54) is 0 Å². The Hall–Kier alpha value is 3.65. The van der Waals surface area contributed by atoms with Crippen molar-refractivity contribution in [2.24, 2.45) is 0 Å². The topological polar surface area (TPSA) is 0 Å². The third-order valence-electron chi connectivity index (χ3n) is 0. The van der Waals surface area contributed by atoms with Crippen molar-refractivity contribution in [1.82, 2.24) is 0 Å². The molecule has 0 aliphatic carbocycles. The Morgan fingerprint density at radius 2 is 0.444 bits per heavy atom. The van der Waals surface area contributed by atoms with Crippen LogP contribution in [0, 0.1) is 0 Å². The van der Waals surface area contributed by atoms with Crippen molar-refractivity contribution >= 4 is 30.7 Å². The van der Waals surface area contributed by atoms with Gasteiger partial charge in [0.25, 0.3) is 0 Å². The minimum absolute atomic E-state index is 0. The maximum absolute atomic E-state index is 2.03. The van der Waals surface area contributed by atoms with Gasteiger partial charge in [0, 0.05) is 0 Å². The molecule has 0 aliphatic rings. The predicted octanol–water partition coefficient (Wildman–Crippen LogP) is -9.99. The van der Waals surface area contributed by atoms with E-state index >= 15 is 0 Å². The molecule has 0 saturated carbocycles. The molecule has 0 spiro atoms. The average Bonchev–Trinajstić information content (AvgIpc) is 1.81. The van der Waals surface area contributed by atoms with Crippen LogP contribution in [0.4, 0.5) is 0 Å². The van der Waals surface area contributed by atoms with Gasteiger partial charge in [-0.2, -0.15) is 19.6 Å². The zero-order valence-corrected chi connectivity index (χ0v) is 18.4. The number of hydrogen-bond acceptors (Lipinski definition) is 0. The Morgan fingerprint density at radius 3 is 0.444 bits per heavy atom. The smallest absolute Gasteiger partial charge is 0.300 e. The summed E-state index contributed by atoms with van der Waals surface area (Å²) >= 11 is 0. The summed E-state index contributed by atoms with van der Waals surface area (Å²) in [5, 5.41) is 0. The van der Waals surface area contributed by atoms with Gasteiger partial charge in [-0.05, 0) is 0 Å². The molecule has 0 bridgehead atoms. The minimum Gasteiger partial charge on any atom is -0.300 e. The van der Waals surface area contributed by atoms with Crippen LogP contribution in [0.5, 0.6) is 0 Å². The second kappa shape index (κ2) is 99.2. The van der Waals surface area contributed by atoms with Crippen LogP contribution in [0.25, 0.3) is 0 Å². The first kappa shape index (κ1) is 38.8. The van der Waals surface area contributed by atoms with Crippen molar-refractivity contribution in [2.45, 2.75) is 19.6 Å². The molecule has 0 atom stereocenters. The van der Waals surface area contributed by atoms with Gasteiger partial charge in [-0.15, -0.1) is 0 Å². The van der Waals surface area contributed by atoms with E-state index in [0.29, 0.717) is 0 Å². The Kier molecular flexibility index (Phi) is 428. The van der Waals surface area contributed by atoms with E-state index in [0.717, 1.165) is 0 Å². The van der Waals surface area contributed by atoms with Crippen LogP contribution in [0.3, 0.4) is 0 Å². The molecule has 0 aliphatic heterocycles. The molecule has 6 heteroatoms. The second-order valence-corrected chi connectivity index (χ2v) is 0. The summed E-state index contributed by atoms with van der Waals surface area (Å²) in [6.45, 7) is 6.08. The third-order valence-corrected chi connectivity index (χ3v) is 0. The SMILES string of the molecule is C[SiH2-].C[SiH2-].C[SiH2-].[Na+].[Na+].[Na+]. The molecule has 0 unspecified atom stereocenters. The van der Waals surface area contributed by atoms with Crippen LogP contribution >= 0.6 is 0 Å². The standard InChI is InChI=1S/3CH5Si.3Na/c3*1-2;;;/h3*2H2,1H3;;;/q3*-1;3*+1. The second-order valence-electron chi connectivity index (χ2n) is 0. The van der Waals surface area contributed by atoms with Gasteiger partial charge in [0.1, 0.15) is 0 Å². The van der Waals surface area contributed by atoms with Crippen molar-refractivity contribution < 1.29 is 88.7 Å². The molecule has 0 aromatic rings. The van der Waals surface area contributed by atoms with Crippen molar-refractivity contribution in [3.63, 3.8) is 0 Å². The summed E-state index contributed by atoms with van der Waals surface area (Å²) in [6, 6.07) is 0. The first-order valence-corrected chi connectivity index (χ1v) is 6.36. The van der Waals surface area contributed by atoms with E-state index in [-0.39, 0.29) is 88.7 Å². The van der Waals surface area contributed by atoms with Crippen molar-refractivity contribution in [3.8, 4) is 0 Å². The molecule has 9 heavy (non-hydrogen) atoms. The fourth-order valence-electron chi connectivity index (χ4n) is 0. The quantitative estimate of drug-likeness (QED) is 0.344. The Labute approximate surface area is 136 Å². The number of hydrogen-bond donors (Lipinski definition) is 0. The van der Waals surface area contributed by atoms with Gasteiger partial charge < -0.3 is 30.7 Å². The maximum atomic E-state index is 2.03. The van der Waals surface area contributed by atoms with Gasteiger partial charge in [0.05, 0.1) is 0 Å². The van der Waals surface area contributed by atoms with Gasteiger partial charge in [-0.3, -0.25) is 0 Å². The van der Waals surface area contributed by atoms with E-state index in [1.807, 2.05) is 50.4 Å². The van der Waals surface area contributed by atoms with Gasteiger partial charge >= 0.3 is 88.7 Å². The molecule has 0 heterocycles. The van der Waals surface area contributed by atoms with E-state index in [1.54, 1.807) is 0 Å². The van der Waals surface area contributed by atoms with Crippen molar-refractivity contribution in [3.05, 3.63) is 0 Å². The van der Waals surface area contributed by atoms with Crippen LogP contribution in [-0.2, 0) is 0 Å². The molecular formula is C3H15Na3Si3. The molecule has 0 rings (SSSR count). The molecule has 0 nitrogen and oxygen atoms in total. The van der Waals surface area contributed by atoms with Crippen LogP contribution in [0.15, 0.2) is 0 Å². The zero-order chi connectivity index (χ0) is 6.00. The zero-order valence-electron chi connectivity index (χ0n) is 8.12. The Morgan fingerprint density at radius 1 is 0.444 bits per heavy atom. The first-order valence-electron chi connectivity index (χ1n) is 2.12. The summed E-state index contributed by atoms with van der Waals surface area (Å²) in [4.78, 5) is 0. The third kappa shape index (κ3) is 81.4. The average molecular weight is 204 g/mol. The van der Waals surface area contributed by atoms with E-state index in [9.17, 15) is 0 Å². The first-order chi connectivity index (χ1) is 3.00. The van der Waals surface area contributed by atoms with E-state index in [4.69, 9.17) is 0 Å². The van der Waals surface area contributed by atoms with Crippen LogP contribution < -0.4 is 88.7 Å². The molecule has 0 amide bonds. The molecule has 0 aromatic heterocycles. The van der Waals surface area contributed by atoms with E-state index < -0.39 is 0 Å². The summed E-state index contributed by atoms with van der Waals surface area (Å²) < 4.78 is 0. The molecule has 0 N–H and O–H groups in total. The summed E-state index contributed by atoms with van der Waals surface area (Å²) in [7, 11) is 5.58. The Bertz CT molecular complexity index is 14.3. The van der Waals surface area contributed by atoms with Gasteiger partial charge in [0.2, 0.25) is 0 Å². The van der Waals surface area contributed by atoms with Crippen LogP contribution in [0.1, 0.15) is 0 Å². The predicted molar refractivity (Wildman–Crippen MR) is 43.2 cm³/mol. The van der Waals surface area contributed by atoms with Crippen LogP contribution in [-0.4, -0.2) is 30.7 Å². The van der Waals surface area contributed by atoms with Gasteiger partial charge in [-0.25, -0.2) is 0 Å². The number of rotatable bonds is 0. The maximum Gasteiger partial charge on any atom is 1.00 e. The van der Waals surface area contributed by atoms with Gasteiger partial charge in [0.15, 0.2) is 0 Å². The van der Waals surface area contributed by atoms with Crippen molar-refractivity contribution in [1.29, 1.82) is 0 Å². The monoisotopic (exact) mass is 204 g/mol. The molecule has 0 fully saturated rings. The molecule has 42 valence electrons. The van der Waals surface area contributed by atoms with E-state index in [2.05, 4.69) is 0 Å². The molecule has 0 aromatic carbocycles. The molecular weight excluding hydrogens is 189 g/mol. The van der Waals surface area contributed by atoms with Crippen LogP contribution in [0.2, 0.25) is 19.6 Å². The molecule has 0 radical (unpaired) electrons. The minimum atomic E-state index is 0. The normalized spacial score (nSPS) is 2.00. The van der Waals surface area contributed by atoms with Gasteiger partial charge in [-0.1, -0.05) is 0 Å². The fraction of sp³-hybridized carbons (Fsp3) is 1.00. The fourth-order valence-corrected chi connectivity index (χ4v) is 0. The summed E-state index contributed by atoms with van der Waals surface area (Å²) in [5.41, 5.74) is 0. The Balaban J connectivity index is -0.00000000321.